The molecule has 1 aromatic rings. The van der Waals surface area contributed by atoms with Gasteiger partial charge < -0.3 is 5.32 Å². The van der Waals surface area contributed by atoms with E-state index in [9.17, 15) is 0 Å². The summed E-state index contributed by atoms with van der Waals surface area (Å²) in [4.78, 5) is 9.33. The van der Waals surface area contributed by atoms with Crippen LogP contribution >= 0.6 is 0 Å². The van der Waals surface area contributed by atoms with Gasteiger partial charge in [-0.25, -0.2) is 9.97 Å². The molecule has 0 aliphatic heterocycles. The van der Waals surface area contributed by atoms with Crippen LogP contribution in [0.2, 0.25) is 0 Å². The summed E-state index contributed by atoms with van der Waals surface area (Å²) in [5.41, 5.74) is 2.60. The molecule has 0 aromatic carbocycles. The topological polar surface area (TPSA) is 37.8 Å². The predicted octanol–water partition coefficient (Wildman–Crippen LogP) is 2.77. The van der Waals surface area contributed by atoms with Crippen LogP contribution in [-0.2, 0) is 12.8 Å². The van der Waals surface area contributed by atoms with Gasteiger partial charge in [0.25, 0.3) is 0 Å². The number of hydrogen-bond acceptors (Lipinski definition) is 3. The van der Waals surface area contributed by atoms with Gasteiger partial charge in [-0.1, -0.05) is 20.8 Å². The van der Waals surface area contributed by atoms with Crippen molar-refractivity contribution in [2.24, 2.45) is 5.92 Å². The SMILES string of the molecule is CNc1nc(C(C)C)nc2c1CC[C@H](C)C2. The molecule has 0 unspecified atom stereocenters. The third-order valence-corrected chi connectivity index (χ3v) is 3.29. The highest BCUT2D eigenvalue weighted by molar-refractivity contribution is 5.47. The molecule has 88 valence electrons. The molecule has 2 rings (SSSR count). The third-order valence-electron chi connectivity index (χ3n) is 3.29. The maximum atomic E-state index is 4.72. The van der Waals surface area contributed by atoms with Gasteiger partial charge in [0.15, 0.2) is 0 Å². The fourth-order valence-electron chi connectivity index (χ4n) is 2.27. The smallest absolute Gasteiger partial charge is 0.133 e. The lowest BCUT2D eigenvalue weighted by Gasteiger charge is -2.23. The molecule has 1 heterocycles. The van der Waals surface area contributed by atoms with E-state index in [0.717, 1.165) is 30.4 Å². The van der Waals surface area contributed by atoms with Crippen LogP contribution in [0, 0.1) is 5.92 Å². The standard InChI is InChI=1S/C13H21N3/c1-8(2)12-15-11-7-9(3)5-6-10(11)13(14-4)16-12/h8-9H,5-7H2,1-4H3,(H,14,15,16)/t9-/m0/s1. The van der Waals surface area contributed by atoms with Crippen LogP contribution in [0.3, 0.4) is 0 Å². The largest absolute Gasteiger partial charge is 0.373 e. The van der Waals surface area contributed by atoms with Gasteiger partial charge in [-0.15, -0.1) is 0 Å². The molecule has 0 saturated heterocycles. The molecular weight excluding hydrogens is 198 g/mol. The van der Waals surface area contributed by atoms with E-state index in [2.05, 4.69) is 31.1 Å². The zero-order chi connectivity index (χ0) is 11.7. The molecule has 0 radical (unpaired) electrons. The summed E-state index contributed by atoms with van der Waals surface area (Å²) in [5, 5.41) is 3.21. The highest BCUT2D eigenvalue weighted by atomic mass is 15.0. The Morgan fingerprint density at radius 3 is 2.69 bits per heavy atom. The monoisotopic (exact) mass is 219 g/mol. The molecule has 3 nitrogen and oxygen atoms in total. The Bertz CT molecular complexity index is 385. The molecule has 3 heteroatoms. The fraction of sp³-hybridized carbons (Fsp3) is 0.692. The van der Waals surface area contributed by atoms with Gasteiger partial charge in [0.2, 0.25) is 0 Å². The highest BCUT2D eigenvalue weighted by Gasteiger charge is 2.21. The van der Waals surface area contributed by atoms with Crippen molar-refractivity contribution >= 4 is 5.82 Å². The van der Waals surface area contributed by atoms with Crippen LogP contribution in [0.25, 0.3) is 0 Å². The second-order valence-electron chi connectivity index (χ2n) is 5.11. The van der Waals surface area contributed by atoms with Crippen molar-refractivity contribution in [1.82, 2.24) is 9.97 Å². The lowest BCUT2D eigenvalue weighted by Crippen LogP contribution is -2.18. The lowest BCUT2D eigenvalue weighted by atomic mass is 9.88. The Hall–Kier alpha value is -1.12. The minimum atomic E-state index is 0.398. The molecule has 1 aromatic heterocycles. The maximum Gasteiger partial charge on any atom is 0.133 e. The Kier molecular flexibility index (Phi) is 3.13. The van der Waals surface area contributed by atoms with Crippen LogP contribution in [0.1, 0.15) is 50.2 Å². The summed E-state index contributed by atoms with van der Waals surface area (Å²) in [6, 6.07) is 0. The number of hydrogen-bond donors (Lipinski definition) is 1. The molecule has 1 aliphatic carbocycles. The normalized spacial score (nSPS) is 19.7. The molecule has 0 bridgehead atoms. The molecule has 0 amide bonds. The Balaban J connectivity index is 2.46. The summed E-state index contributed by atoms with van der Waals surface area (Å²) in [7, 11) is 1.95. The average Bonchev–Trinajstić information content (AvgIpc) is 2.26. The van der Waals surface area contributed by atoms with Crippen molar-refractivity contribution in [2.75, 3.05) is 12.4 Å². The van der Waals surface area contributed by atoms with Gasteiger partial charge in [-0.05, 0) is 25.2 Å². The van der Waals surface area contributed by atoms with Gasteiger partial charge in [0.1, 0.15) is 11.6 Å². The van der Waals surface area contributed by atoms with Gasteiger partial charge in [0.05, 0.1) is 0 Å². The van der Waals surface area contributed by atoms with Crippen LogP contribution < -0.4 is 5.32 Å². The van der Waals surface area contributed by atoms with E-state index in [-0.39, 0.29) is 0 Å². The van der Waals surface area contributed by atoms with Crippen molar-refractivity contribution in [1.29, 1.82) is 0 Å². The summed E-state index contributed by atoms with van der Waals surface area (Å²) >= 11 is 0. The molecular formula is C13H21N3. The molecule has 1 N–H and O–H groups in total. The Labute approximate surface area is 97.7 Å². The van der Waals surface area contributed by atoms with Crippen LogP contribution in [-0.4, -0.2) is 17.0 Å². The van der Waals surface area contributed by atoms with Crippen molar-refractivity contribution in [3.63, 3.8) is 0 Å². The second-order valence-corrected chi connectivity index (χ2v) is 5.11. The van der Waals surface area contributed by atoms with Crippen molar-refractivity contribution < 1.29 is 0 Å². The van der Waals surface area contributed by atoms with Crippen molar-refractivity contribution in [2.45, 2.75) is 46.0 Å². The molecule has 0 spiro atoms. The summed E-state index contributed by atoms with van der Waals surface area (Å²) < 4.78 is 0. The zero-order valence-electron chi connectivity index (χ0n) is 10.7. The van der Waals surface area contributed by atoms with Gasteiger partial charge in [-0.3, -0.25) is 0 Å². The lowest BCUT2D eigenvalue weighted by molar-refractivity contribution is 0.488. The van der Waals surface area contributed by atoms with E-state index in [1.165, 1.54) is 17.7 Å². The summed E-state index contributed by atoms with van der Waals surface area (Å²) in [6.45, 7) is 6.60. The number of fused-ring (bicyclic) bond motifs is 1. The summed E-state index contributed by atoms with van der Waals surface area (Å²) in [5.74, 6) is 3.17. The van der Waals surface area contributed by atoms with Gasteiger partial charge in [0, 0.05) is 24.2 Å². The molecule has 0 fully saturated rings. The van der Waals surface area contributed by atoms with Gasteiger partial charge >= 0.3 is 0 Å². The second kappa shape index (κ2) is 4.40. The number of aromatic nitrogens is 2. The van der Waals surface area contributed by atoms with E-state index in [4.69, 9.17) is 4.98 Å². The van der Waals surface area contributed by atoms with E-state index in [1.807, 2.05) is 7.05 Å². The first kappa shape index (κ1) is 11.4. The van der Waals surface area contributed by atoms with Crippen LogP contribution in [0.5, 0.6) is 0 Å². The van der Waals surface area contributed by atoms with E-state index < -0.39 is 0 Å². The molecule has 16 heavy (non-hydrogen) atoms. The van der Waals surface area contributed by atoms with E-state index in [0.29, 0.717) is 5.92 Å². The quantitative estimate of drug-likeness (QED) is 0.831. The number of rotatable bonds is 2. The molecule has 1 aliphatic rings. The van der Waals surface area contributed by atoms with Crippen molar-refractivity contribution in [3.8, 4) is 0 Å². The summed E-state index contributed by atoms with van der Waals surface area (Å²) in [6.07, 6.45) is 3.48. The highest BCUT2D eigenvalue weighted by Crippen LogP contribution is 2.29. The third kappa shape index (κ3) is 2.04. The first-order chi connectivity index (χ1) is 7.61. The van der Waals surface area contributed by atoms with Crippen LogP contribution in [0.15, 0.2) is 0 Å². The molecule has 0 saturated carbocycles. The first-order valence-electron chi connectivity index (χ1n) is 6.19. The number of nitrogens with one attached hydrogen (secondary N) is 1. The predicted molar refractivity (Wildman–Crippen MR) is 66.9 cm³/mol. The molecule has 1 atom stereocenters. The van der Waals surface area contributed by atoms with E-state index in [1.54, 1.807) is 0 Å². The number of anilines is 1. The average molecular weight is 219 g/mol. The van der Waals surface area contributed by atoms with E-state index >= 15 is 0 Å². The minimum absolute atomic E-state index is 0.398. The Morgan fingerprint density at radius 2 is 2.06 bits per heavy atom. The number of nitrogens with zero attached hydrogens (tertiary/aromatic N) is 2. The van der Waals surface area contributed by atoms with Gasteiger partial charge in [-0.2, -0.15) is 0 Å². The Morgan fingerprint density at radius 1 is 1.31 bits per heavy atom. The minimum Gasteiger partial charge on any atom is -0.373 e. The first-order valence-corrected chi connectivity index (χ1v) is 6.19. The van der Waals surface area contributed by atoms with Crippen molar-refractivity contribution in [3.05, 3.63) is 17.1 Å². The van der Waals surface area contributed by atoms with Crippen LogP contribution in [0.4, 0.5) is 5.82 Å². The fourth-order valence-corrected chi connectivity index (χ4v) is 2.27. The zero-order valence-corrected chi connectivity index (χ0v) is 10.7. The maximum absolute atomic E-state index is 4.72.